The second-order valence-electron chi connectivity index (χ2n) is 7.30. The molecule has 1 aliphatic carbocycles. The fraction of sp³-hybridized carbons (Fsp3) is 0.273. The molecule has 146 valence electrons. The van der Waals surface area contributed by atoms with Crippen LogP contribution >= 0.6 is 0 Å². The van der Waals surface area contributed by atoms with Crippen molar-refractivity contribution in [2.75, 3.05) is 11.9 Å². The fourth-order valence-corrected chi connectivity index (χ4v) is 4.00. The van der Waals surface area contributed by atoms with Gasteiger partial charge in [-0.05, 0) is 46.5 Å². The summed E-state index contributed by atoms with van der Waals surface area (Å²) in [5, 5.41) is 15.2. The molecule has 1 unspecified atom stereocenters. The Kier molecular flexibility index (Phi) is 4.56. The third-order valence-electron chi connectivity index (χ3n) is 5.43. The Morgan fingerprint density at radius 2 is 1.90 bits per heavy atom. The van der Waals surface area contributed by atoms with Crippen molar-refractivity contribution < 1.29 is 9.53 Å². The first-order chi connectivity index (χ1) is 14.3. The zero-order valence-electron chi connectivity index (χ0n) is 15.9. The molecule has 0 saturated carbocycles. The van der Waals surface area contributed by atoms with Gasteiger partial charge in [-0.25, -0.2) is 0 Å². The number of benzene rings is 2. The number of allylic oxidation sites excluding steroid dienone is 2. The minimum absolute atomic E-state index is 0.160. The number of carbonyl (C=O) groups excluding carboxylic acids is 1. The van der Waals surface area contributed by atoms with E-state index in [9.17, 15) is 4.79 Å². The lowest BCUT2D eigenvalue weighted by molar-refractivity contribution is -0.116. The van der Waals surface area contributed by atoms with Crippen LogP contribution in [0.3, 0.4) is 0 Å². The maximum atomic E-state index is 12.7. The third-order valence-corrected chi connectivity index (χ3v) is 5.43. The molecule has 2 aromatic carbocycles. The normalized spacial score (nSPS) is 18.1. The van der Waals surface area contributed by atoms with Gasteiger partial charge in [-0.1, -0.05) is 47.6 Å². The first-order valence-corrected chi connectivity index (χ1v) is 9.87. The first kappa shape index (κ1) is 17.6. The zero-order chi connectivity index (χ0) is 19.6. The molecule has 0 bridgehead atoms. The largest absolute Gasteiger partial charge is 0.493 e. The molecule has 2 aliphatic rings. The minimum atomic E-state index is -0.303. The van der Waals surface area contributed by atoms with E-state index in [0.717, 1.165) is 41.8 Å². The van der Waals surface area contributed by atoms with E-state index >= 15 is 0 Å². The maximum Gasteiger partial charge on any atom is 0.248 e. The predicted octanol–water partition coefficient (Wildman–Crippen LogP) is 3.32. The zero-order valence-corrected chi connectivity index (χ0v) is 15.9. The van der Waals surface area contributed by atoms with Gasteiger partial charge < -0.3 is 10.1 Å². The maximum absolute atomic E-state index is 12.7. The van der Waals surface area contributed by atoms with Crippen molar-refractivity contribution in [2.45, 2.75) is 31.7 Å². The number of hydrogen-bond donors (Lipinski definition) is 1. The quantitative estimate of drug-likeness (QED) is 0.723. The molecule has 7 nitrogen and oxygen atoms in total. The average Bonchev–Trinajstić information content (AvgIpc) is 3.22. The number of ketones is 1. The van der Waals surface area contributed by atoms with Gasteiger partial charge in [0.1, 0.15) is 11.8 Å². The van der Waals surface area contributed by atoms with Crippen LogP contribution in [0.2, 0.25) is 0 Å². The summed E-state index contributed by atoms with van der Waals surface area (Å²) in [6, 6.07) is 17.8. The number of Topliss-reactive ketones (excluding diaryl/α,β-unsaturated/α-hetero) is 1. The standard InChI is InChI=1S/C22H21N5O2/c28-19-8-4-7-18-20(19)21(27-22(23-18)24-25-26-27)16-9-11-17(12-10-16)29-14-13-15-5-2-1-3-6-15/h1-3,5-6,9-12,21H,4,7-8,13-14H2,(H,23,24,26). The van der Waals surface area contributed by atoms with Crippen molar-refractivity contribution >= 4 is 11.7 Å². The Labute approximate surface area is 168 Å². The highest BCUT2D eigenvalue weighted by molar-refractivity contribution is 5.99. The van der Waals surface area contributed by atoms with E-state index in [1.165, 1.54) is 5.56 Å². The Bertz CT molecular complexity index is 1060. The molecule has 0 radical (unpaired) electrons. The van der Waals surface area contributed by atoms with Gasteiger partial charge in [-0.3, -0.25) is 4.79 Å². The van der Waals surface area contributed by atoms with Gasteiger partial charge in [-0.15, -0.1) is 0 Å². The lowest BCUT2D eigenvalue weighted by Gasteiger charge is -2.31. The Hall–Kier alpha value is -3.48. The van der Waals surface area contributed by atoms with E-state index in [1.807, 2.05) is 42.5 Å². The molecule has 1 N–H and O–H groups in total. The molecular weight excluding hydrogens is 366 g/mol. The number of ether oxygens (including phenoxy) is 1. The summed E-state index contributed by atoms with van der Waals surface area (Å²) < 4.78 is 7.58. The smallest absolute Gasteiger partial charge is 0.248 e. The Morgan fingerprint density at radius 1 is 1.07 bits per heavy atom. The summed E-state index contributed by atoms with van der Waals surface area (Å²) in [6.45, 7) is 0.613. The highest BCUT2D eigenvalue weighted by atomic mass is 16.5. The molecule has 0 fully saturated rings. The summed E-state index contributed by atoms with van der Waals surface area (Å²) in [5.74, 6) is 1.54. The van der Waals surface area contributed by atoms with E-state index in [2.05, 4.69) is 33.0 Å². The molecule has 7 heteroatoms. The average molecular weight is 387 g/mol. The van der Waals surface area contributed by atoms with Gasteiger partial charge in [0.15, 0.2) is 5.78 Å². The van der Waals surface area contributed by atoms with E-state index in [4.69, 9.17) is 4.74 Å². The van der Waals surface area contributed by atoms with Crippen LogP contribution in [0.25, 0.3) is 0 Å². The van der Waals surface area contributed by atoms with E-state index < -0.39 is 0 Å². The summed E-state index contributed by atoms with van der Waals surface area (Å²) in [7, 11) is 0. The first-order valence-electron chi connectivity index (χ1n) is 9.87. The molecular formula is C22H21N5O2. The third kappa shape index (κ3) is 3.40. The second-order valence-corrected chi connectivity index (χ2v) is 7.30. The van der Waals surface area contributed by atoms with Crippen molar-refractivity contribution in [1.82, 2.24) is 20.2 Å². The molecule has 1 atom stereocenters. The van der Waals surface area contributed by atoms with Crippen molar-refractivity contribution in [3.05, 3.63) is 77.0 Å². The van der Waals surface area contributed by atoms with Gasteiger partial charge >= 0.3 is 0 Å². The van der Waals surface area contributed by atoms with Gasteiger partial charge in [0.2, 0.25) is 5.95 Å². The van der Waals surface area contributed by atoms with Crippen LogP contribution < -0.4 is 10.1 Å². The number of tetrazole rings is 1. The number of rotatable bonds is 5. The van der Waals surface area contributed by atoms with E-state index in [1.54, 1.807) is 4.68 Å². The second kappa shape index (κ2) is 7.50. The highest BCUT2D eigenvalue weighted by Gasteiger charge is 2.36. The molecule has 0 spiro atoms. The molecule has 3 aromatic rings. The number of nitrogens with zero attached hydrogens (tertiary/aromatic N) is 4. The van der Waals surface area contributed by atoms with E-state index in [0.29, 0.717) is 19.0 Å². The van der Waals surface area contributed by atoms with Crippen molar-refractivity contribution in [3.63, 3.8) is 0 Å². The van der Waals surface area contributed by atoms with Crippen LogP contribution in [-0.4, -0.2) is 32.6 Å². The summed E-state index contributed by atoms with van der Waals surface area (Å²) >= 11 is 0. The van der Waals surface area contributed by atoms with Gasteiger partial charge in [0, 0.05) is 24.1 Å². The van der Waals surface area contributed by atoms with Gasteiger partial charge in [0.05, 0.1) is 6.61 Å². The predicted molar refractivity (Wildman–Crippen MR) is 108 cm³/mol. The number of aromatic nitrogens is 4. The van der Waals surface area contributed by atoms with Crippen molar-refractivity contribution in [2.24, 2.45) is 0 Å². The van der Waals surface area contributed by atoms with Crippen molar-refractivity contribution in [1.29, 1.82) is 0 Å². The number of hydrogen-bond acceptors (Lipinski definition) is 6. The monoisotopic (exact) mass is 387 g/mol. The number of carbonyl (C=O) groups is 1. The van der Waals surface area contributed by atoms with Crippen LogP contribution in [0, 0.1) is 0 Å². The van der Waals surface area contributed by atoms with Crippen LogP contribution in [0.15, 0.2) is 65.9 Å². The van der Waals surface area contributed by atoms with Crippen LogP contribution in [-0.2, 0) is 11.2 Å². The van der Waals surface area contributed by atoms with Crippen LogP contribution in [0.1, 0.15) is 36.4 Å². The Morgan fingerprint density at radius 3 is 2.72 bits per heavy atom. The summed E-state index contributed by atoms with van der Waals surface area (Å²) in [4.78, 5) is 12.7. The lowest BCUT2D eigenvalue weighted by atomic mass is 9.85. The van der Waals surface area contributed by atoms with Gasteiger partial charge in [0.25, 0.3) is 0 Å². The minimum Gasteiger partial charge on any atom is -0.493 e. The van der Waals surface area contributed by atoms with Gasteiger partial charge in [-0.2, -0.15) is 4.68 Å². The van der Waals surface area contributed by atoms with Crippen molar-refractivity contribution in [3.8, 4) is 5.75 Å². The van der Waals surface area contributed by atoms with Crippen LogP contribution in [0.5, 0.6) is 5.75 Å². The summed E-state index contributed by atoms with van der Waals surface area (Å²) in [5.41, 5.74) is 3.93. The topological polar surface area (TPSA) is 81.9 Å². The summed E-state index contributed by atoms with van der Waals surface area (Å²) in [6.07, 6.45) is 3.11. The number of nitrogens with one attached hydrogen (secondary N) is 1. The molecule has 0 saturated heterocycles. The highest BCUT2D eigenvalue weighted by Crippen LogP contribution is 2.39. The fourth-order valence-electron chi connectivity index (χ4n) is 4.00. The van der Waals surface area contributed by atoms with Crippen LogP contribution in [0.4, 0.5) is 5.95 Å². The number of fused-ring (bicyclic) bond motifs is 1. The molecule has 2 heterocycles. The van der Waals surface area contributed by atoms with E-state index in [-0.39, 0.29) is 11.8 Å². The number of anilines is 1. The molecule has 29 heavy (non-hydrogen) atoms. The SMILES string of the molecule is O=C1CCCC2=C1C(c1ccc(OCCc3ccccc3)cc1)n1nnnc1N2. The molecule has 0 amide bonds. The molecule has 5 rings (SSSR count). The Balaban J connectivity index is 1.36. The molecule has 1 aromatic heterocycles. The lowest BCUT2D eigenvalue weighted by Crippen LogP contribution is -2.31. The molecule has 1 aliphatic heterocycles.